The lowest BCUT2D eigenvalue weighted by Crippen LogP contribution is -2.33. The first kappa shape index (κ1) is 24.0. The van der Waals surface area contributed by atoms with Gasteiger partial charge in [-0.05, 0) is 97.5 Å². The Morgan fingerprint density at radius 3 is 2.06 bits per heavy atom. The molecule has 0 spiro atoms. The number of fused-ring (bicyclic) bond motifs is 1. The molecule has 0 aliphatic carbocycles. The fourth-order valence-electron chi connectivity index (χ4n) is 4.71. The van der Waals surface area contributed by atoms with Gasteiger partial charge in [0, 0.05) is 17.5 Å². The quantitative estimate of drug-likeness (QED) is 0.252. The monoisotopic (exact) mass is 483 g/mol. The highest BCUT2D eigenvalue weighted by Crippen LogP contribution is 2.41. The van der Waals surface area contributed by atoms with E-state index in [0.717, 1.165) is 57.2 Å². The van der Waals surface area contributed by atoms with Crippen LogP contribution in [0.2, 0.25) is 0 Å². The second kappa shape index (κ2) is 11.4. The number of benzene rings is 4. The van der Waals surface area contributed by atoms with E-state index in [0.29, 0.717) is 6.61 Å². The van der Waals surface area contributed by atoms with E-state index in [1.807, 2.05) is 48.5 Å². The molecule has 0 atom stereocenters. The Labute approximate surface area is 213 Å². The van der Waals surface area contributed by atoms with Gasteiger partial charge in [0.05, 0.1) is 14.2 Å². The third-order valence-corrected chi connectivity index (χ3v) is 6.75. The molecule has 186 valence electrons. The number of piperidine rings is 1. The van der Waals surface area contributed by atoms with Crippen molar-refractivity contribution in [3.8, 4) is 39.9 Å². The first-order chi connectivity index (χ1) is 17.7. The van der Waals surface area contributed by atoms with E-state index in [4.69, 9.17) is 18.9 Å². The Morgan fingerprint density at radius 2 is 1.33 bits per heavy atom. The van der Waals surface area contributed by atoms with Gasteiger partial charge in [0.1, 0.15) is 35.4 Å². The second-order valence-electron chi connectivity index (χ2n) is 9.08. The number of methoxy groups -OCH3 is 2. The average molecular weight is 484 g/mol. The van der Waals surface area contributed by atoms with Crippen LogP contribution in [0.15, 0.2) is 78.9 Å². The van der Waals surface area contributed by atoms with Gasteiger partial charge in [-0.3, -0.25) is 4.90 Å². The molecule has 0 aromatic heterocycles. The largest absolute Gasteiger partial charge is 0.497 e. The molecule has 0 bridgehead atoms. The van der Waals surface area contributed by atoms with Crippen molar-refractivity contribution >= 4 is 10.8 Å². The van der Waals surface area contributed by atoms with E-state index in [9.17, 15) is 0 Å². The summed E-state index contributed by atoms with van der Waals surface area (Å²) in [5, 5.41) is 2.07. The molecule has 1 fully saturated rings. The predicted octanol–water partition coefficient (Wildman–Crippen LogP) is 7.18. The van der Waals surface area contributed by atoms with Crippen molar-refractivity contribution in [3.63, 3.8) is 0 Å². The summed E-state index contributed by atoms with van der Waals surface area (Å²) in [4.78, 5) is 2.48. The van der Waals surface area contributed by atoms with E-state index >= 15 is 0 Å². The Bertz CT molecular complexity index is 1280. The molecule has 4 aromatic rings. The van der Waals surface area contributed by atoms with E-state index in [1.165, 1.54) is 32.4 Å². The first-order valence-corrected chi connectivity index (χ1v) is 12.6. The molecule has 0 amide bonds. The zero-order valence-corrected chi connectivity index (χ0v) is 21.0. The van der Waals surface area contributed by atoms with Crippen LogP contribution in [0.5, 0.6) is 28.7 Å². The molecule has 1 aliphatic rings. The lowest BCUT2D eigenvalue weighted by atomic mass is 9.99. The van der Waals surface area contributed by atoms with Crippen LogP contribution in [0.25, 0.3) is 21.9 Å². The molecule has 1 heterocycles. The van der Waals surface area contributed by atoms with Crippen molar-refractivity contribution in [2.24, 2.45) is 0 Å². The summed E-state index contributed by atoms with van der Waals surface area (Å²) in [5.41, 5.74) is 2.07. The van der Waals surface area contributed by atoms with Crippen molar-refractivity contribution in [2.75, 3.05) is 40.5 Å². The number of hydrogen-bond donors (Lipinski definition) is 0. The standard InChI is InChI=1S/C31H33NO4/c1-33-25-9-6-23(7-10-25)29-16-8-24-22-28(34-2)15-17-30(24)31(29)36-27-13-11-26(12-14-27)35-21-20-32-18-4-3-5-19-32/h6-17,22H,3-5,18-21H2,1-2H3. The van der Waals surface area contributed by atoms with Gasteiger partial charge >= 0.3 is 0 Å². The normalized spacial score (nSPS) is 13.9. The molecule has 0 unspecified atom stereocenters. The zero-order chi connectivity index (χ0) is 24.7. The summed E-state index contributed by atoms with van der Waals surface area (Å²) in [6.45, 7) is 4.04. The molecule has 1 saturated heterocycles. The van der Waals surface area contributed by atoms with E-state index < -0.39 is 0 Å². The summed E-state index contributed by atoms with van der Waals surface area (Å²) < 4.78 is 23.3. The van der Waals surface area contributed by atoms with Crippen LogP contribution in [-0.2, 0) is 0 Å². The topological polar surface area (TPSA) is 40.2 Å². The highest BCUT2D eigenvalue weighted by atomic mass is 16.5. The highest BCUT2D eigenvalue weighted by molar-refractivity contribution is 5.96. The molecule has 0 saturated carbocycles. The van der Waals surface area contributed by atoms with Crippen molar-refractivity contribution < 1.29 is 18.9 Å². The maximum atomic E-state index is 6.53. The maximum Gasteiger partial charge on any atom is 0.143 e. The van der Waals surface area contributed by atoms with Gasteiger partial charge in [0.2, 0.25) is 0 Å². The molecule has 4 aromatic carbocycles. The molecule has 5 rings (SSSR count). The van der Waals surface area contributed by atoms with Crippen LogP contribution in [-0.4, -0.2) is 45.4 Å². The van der Waals surface area contributed by atoms with Gasteiger partial charge in [0.25, 0.3) is 0 Å². The van der Waals surface area contributed by atoms with Gasteiger partial charge in [0.15, 0.2) is 0 Å². The fraction of sp³-hybridized carbons (Fsp3) is 0.290. The average Bonchev–Trinajstić information content (AvgIpc) is 2.94. The van der Waals surface area contributed by atoms with Crippen molar-refractivity contribution in [1.29, 1.82) is 0 Å². The number of ether oxygens (including phenoxy) is 4. The lowest BCUT2D eigenvalue weighted by molar-refractivity contribution is 0.183. The van der Waals surface area contributed by atoms with Crippen LogP contribution in [0.1, 0.15) is 19.3 Å². The fourth-order valence-corrected chi connectivity index (χ4v) is 4.71. The van der Waals surface area contributed by atoms with E-state index in [2.05, 4.69) is 35.2 Å². The number of likely N-dealkylation sites (tertiary alicyclic amines) is 1. The Balaban J connectivity index is 1.38. The molecule has 36 heavy (non-hydrogen) atoms. The second-order valence-corrected chi connectivity index (χ2v) is 9.08. The molecule has 0 radical (unpaired) electrons. The summed E-state index contributed by atoms with van der Waals surface area (Å²) in [5.74, 6) is 4.06. The van der Waals surface area contributed by atoms with Gasteiger partial charge in [-0.2, -0.15) is 0 Å². The molecular weight excluding hydrogens is 450 g/mol. The highest BCUT2D eigenvalue weighted by Gasteiger charge is 2.14. The molecular formula is C31H33NO4. The van der Waals surface area contributed by atoms with Crippen LogP contribution in [0.3, 0.4) is 0 Å². The predicted molar refractivity (Wildman–Crippen MR) is 145 cm³/mol. The Morgan fingerprint density at radius 1 is 0.667 bits per heavy atom. The summed E-state index contributed by atoms with van der Waals surface area (Å²) >= 11 is 0. The smallest absolute Gasteiger partial charge is 0.143 e. The Hall–Kier alpha value is -3.70. The Kier molecular flexibility index (Phi) is 7.58. The summed E-state index contributed by atoms with van der Waals surface area (Å²) in [6, 6.07) is 26.2. The van der Waals surface area contributed by atoms with Crippen molar-refractivity contribution in [2.45, 2.75) is 19.3 Å². The van der Waals surface area contributed by atoms with Crippen molar-refractivity contribution in [1.82, 2.24) is 4.90 Å². The SMILES string of the molecule is COc1ccc(-c2ccc3cc(OC)ccc3c2Oc2ccc(OCCN3CCCCC3)cc2)cc1. The number of nitrogens with zero attached hydrogens (tertiary/aromatic N) is 1. The minimum absolute atomic E-state index is 0.701. The van der Waals surface area contributed by atoms with E-state index in [-0.39, 0.29) is 0 Å². The van der Waals surface area contributed by atoms with Crippen LogP contribution in [0.4, 0.5) is 0 Å². The van der Waals surface area contributed by atoms with E-state index in [1.54, 1.807) is 14.2 Å². The van der Waals surface area contributed by atoms with Crippen molar-refractivity contribution in [3.05, 3.63) is 78.9 Å². The number of hydrogen-bond acceptors (Lipinski definition) is 5. The van der Waals surface area contributed by atoms with Crippen LogP contribution in [0, 0.1) is 0 Å². The number of rotatable bonds is 9. The molecule has 5 heteroatoms. The summed E-state index contributed by atoms with van der Waals surface area (Å²) in [6.07, 6.45) is 3.94. The zero-order valence-electron chi connectivity index (χ0n) is 21.0. The van der Waals surface area contributed by atoms with Gasteiger partial charge < -0.3 is 18.9 Å². The summed E-state index contributed by atoms with van der Waals surface area (Å²) in [7, 11) is 3.36. The molecule has 1 aliphatic heterocycles. The van der Waals surface area contributed by atoms with Gasteiger partial charge in [-0.25, -0.2) is 0 Å². The first-order valence-electron chi connectivity index (χ1n) is 12.6. The third kappa shape index (κ3) is 5.58. The minimum Gasteiger partial charge on any atom is -0.497 e. The van der Waals surface area contributed by atoms with Crippen LogP contribution >= 0.6 is 0 Å². The van der Waals surface area contributed by atoms with Gasteiger partial charge in [-0.1, -0.05) is 24.6 Å². The van der Waals surface area contributed by atoms with Crippen LogP contribution < -0.4 is 18.9 Å². The lowest BCUT2D eigenvalue weighted by Gasteiger charge is -2.26. The van der Waals surface area contributed by atoms with Gasteiger partial charge in [-0.15, -0.1) is 0 Å². The minimum atomic E-state index is 0.701. The third-order valence-electron chi connectivity index (χ3n) is 6.75. The molecule has 5 nitrogen and oxygen atoms in total. The molecule has 0 N–H and O–H groups in total. The maximum absolute atomic E-state index is 6.53.